The van der Waals surface area contributed by atoms with Crippen LogP contribution >= 0.6 is 11.3 Å². The fourth-order valence-electron chi connectivity index (χ4n) is 3.17. The number of piperidine rings is 1. The summed E-state index contributed by atoms with van der Waals surface area (Å²) in [6, 6.07) is 8.27. The Balaban J connectivity index is 1.49. The summed E-state index contributed by atoms with van der Waals surface area (Å²) in [5.74, 6) is 0.0429. The van der Waals surface area contributed by atoms with E-state index < -0.39 is 0 Å². The highest BCUT2D eigenvalue weighted by atomic mass is 32.1. The van der Waals surface area contributed by atoms with Crippen LogP contribution in [0.5, 0.6) is 0 Å². The van der Waals surface area contributed by atoms with E-state index in [2.05, 4.69) is 48.1 Å². The van der Waals surface area contributed by atoms with E-state index in [4.69, 9.17) is 0 Å². The van der Waals surface area contributed by atoms with Gasteiger partial charge in [-0.05, 0) is 36.0 Å². The predicted molar refractivity (Wildman–Crippen MR) is 103 cm³/mol. The van der Waals surface area contributed by atoms with Crippen LogP contribution in [0, 0.1) is 0 Å². The summed E-state index contributed by atoms with van der Waals surface area (Å²) in [6.07, 6.45) is 3.95. The molecule has 1 saturated heterocycles. The van der Waals surface area contributed by atoms with Gasteiger partial charge in [-0.1, -0.05) is 32.9 Å². The van der Waals surface area contributed by atoms with Crippen molar-refractivity contribution < 1.29 is 4.79 Å². The highest BCUT2D eigenvalue weighted by Gasteiger charge is 2.22. The van der Waals surface area contributed by atoms with Crippen LogP contribution in [0.25, 0.3) is 0 Å². The molecule has 5 heteroatoms. The first-order valence-electron chi connectivity index (χ1n) is 8.93. The molecule has 2 heterocycles. The zero-order chi connectivity index (χ0) is 17.9. The van der Waals surface area contributed by atoms with Gasteiger partial charge in [-0.2, -0.15) is 0 Å². The minimum Gasteiger partial charge on any atom is -0.349 e. The zero-order valence-electron chi connectivity index (χ0n) is 15.3. The number of aromatic nitrogens is 1. The number of likely N-dealkylation sites (tertiary alicyclic amines) is 1. The van der Waals surface area contributed by atoms with E-state index in [1.807, 2.05) is 23.8 Å². The lowest BCUT2D eigenvalue weighted by Crippen LogP contribution is -2.44. The molecule has 0 aliphatic carbocycles. The third-order valence-electron chi connectivity index (χ3n) is 4.80. The van der Waals surface area contributed by atoms with Gasteiger partial charge in [0, 0.05) is 42.3 Å². The summed E-state index contributed by atoms with van der Waals surface area (Å²) in [4.78, 5) is 20.4. The zero-order valence-corrected chi connectivity index (χ0v) is 16.1. The standard InChI is InChI=1S/C20H27N3OS/c1-20(2,3)16-6-4-15(5-7-16)19(24)22-17-8-10-23(11-9-17)13-18-12-21-14-25-18/h4-7,12,14,17H,8-11,13H2,1-3H3,(H,22,24). The number of amides is 1. The summed E-state index contributed by atoms with van der Waals surface area (Å²) in [6.45, 7) is 9.56. The van der Waals surface area contributed by atoms with Crippen molar-refractivity contribution in [3.8, 4) is 0 Å². The molecule has 4 nitrogen and oxygen atoms in total. The number of nitrogens with zero attached hydrogens (tertiary/aromatic N) is 2. The van der Waals surface area contributed by atoms with Crippen molar-refractivity contribution in [3.63, 3.8) is 0 Å². The van der Waals surface area contributed by atoms with Gasteiger partial charge >= 0.3 is 0 Å². The van der Waals surface area contributed by atoms with E-state index in [0.29, 0.717) is 0 Å². The first-order valence-corrected chi connectivity index (χ1v) is 9.81. The highest BCUT2D eigenvalue weighted by molar-refractivity contribution is 7.09. The molecule has 1 N–H and O–H groups in total. The molecule has 0 radical (unpaired) electrons. The van der Waals surface area contributed by atoms with E-state index >= 15 is 0 Å². The van der Waals surface area contributed by atoms with Crippen LogP contribution in [0.15, 0.2) is 36.0 Å². The van der Waals surface area contributed by atoms with Crippen LogP contribution < -0.4 is 5.32 Å². The van der Waals surface area contributed by atoms with Gasteiger partial charge in [-0.25, -0.2) is 0 Å². The Kier molecular flexibility index (Phi) is 5.54. The lowest BCUT2D eigenvalue weighted by molar-refractivity contribution is 0.0909. The molecule has 3 rings (SSSR count). The Morgan fingerprint density at radius 2 is 1.92 bits per heavy atom. The second kappa shape index (κ2) is 7.67. The Hall–Kier alpha value is -1.72. The minimum absolute atomic E-state index is 0.0429. The lowest BCUT2D eigenvalue weighted by Gasteiger charge is -2.32. The molecular weight excluding hydrogens is 330 g/mol. The summed E-state index contributed by atoms with van der Waals surface area (Å²) in [5, 5.41) is 3.20. The van der Waals surface area contributed by atoms with Crippen molar-refractivity contribution in [1.29, 1.82) is 0 Å². The molecule has 1 fully saturated rings. The molecule has 0 saturated carbocycles. The Bertz CT molecular complexity index is 681. The van der Waals surface area contributed by atoms with Gasteiger partial charge in [0.1, 0.15) is 0 Å². The first kappa shape index (κ1) is 18.1. The lowest BCUT2D eigenvalue weighted by atomic mass is 9.86. The fourth-order valence-corrected chi connectivity index (χ4v) is 3.80. The molecule has 134 valence electrons. The van der Waals surface area contributed by atoms with Gasteiger partial charge in [0.2, 0.25) is 0 Å². The number of hydrogen-bond donors (Lipinski definition) is 1. The van der Waals surface area contributed by atoms with E-state index in [-0.39, 0.29) is 17.4 Å². The normalized spacial score (nSPS) is 16.8. The predicted octanol–water partition coefficient (Wildman–Crippen LogP) is 3.84. The molecule has 1 amide bonds. The topological polar surface area (TPSA) is 45.2 Å². The van der Waals surface area contributed by atoms with E-state index in [0.717, 1.165) is 38.0 Å². The molecule has 2 aromatic rings. The summed E-state index contributed by atoms with van der Waals surface area (Å²) in [5.41, 5.74) is 3.99. The summed E-state index contributed by atoms with van der Waals surface area (Å²) >= 11 is 1.71. The van der Waals surface area contributed by atoms with Crippen molar-refractivity contribution in [1.82, 2.24) is 15.2 Å². The molecule has 1 aliphatic heterocycles. The van der Waals surface area contributed by atoms with Crippen molar-refractivity contribution in [2.45, 2.75) is 51.6 Å². The van der Waals surface area contributed by atoms with Gasteiger partial charge in [-0.3, -0.25) is 14.7 Å². The third kappa shape index (κ3) is 4.89. The van der Waals surface area contributed by atoms with Crippen LogP contribution in [0.4, 0.5) is 0 Å². The monoisotopic (exact) mass is 357 g/mol. The molecule has 25 heavy (non-hydrogen) atoms. The van der Waals surface area contributed by atoms with E-state index in [9.17, 15) is 4.79 Å². The molecule has 0 atom stereocenters. The average Bonchev–Trinajstić information content (AvgIpc) is 3.09. The SMILES string of the molecule is CC(C)(C)c1ccc(C(=O)NC2CCN(Cc3cncs3)CC2)cc1. The first-order chi connectivity index (χ1) is 11.9. The van der Waals surface area contributed by atoms with Crippen molar-refractivity contribution in [2.24, 2.45) is 0 Å². The fraction of sp³-hybridized carbons (Fsp3) is 0.500. The average molecular weight is 358 g/mol. The maximum Gasteiger partial charge on any atom is 0.251 e. The number of thiazole rings is 1. The summed E-state index contributed by atoms with van der Waals surface area (Å²) < 4.78 is 0. The van der Waals surface area contributed by atoms with Crippen LogP contribution in [0.1, 0.15) is 54.4 Å². The van der Waals surface area contributed by atoms with Crippen LogP contribution in [0.2, 0.25) is 0 Å². The van der Waals surface area contributed by atoms with Crippen molar-refractivity contribution in [2.75, 3.05) is 13.1 Å². The molecule has 1 aliphatic rings. The number of carbonyl (C=O) groups excluding carboxylic acids is 1. The van der Waals surface area contributed by atoms with E-state index in [1.54, 1.807) is 11.3 Å². The number of rotatable bonds is 4. The largest absolute Gasteiger partial charge is 0.349 e. The maximum absolute atomic E-state index is 12.5. The van der Waals surface area contributed by atoms with Gasteiger partial charge in [0.05, 0.1) is 5.51 Å². The van der Waals surface area contributed by atoms with Crippen LogP contribution in [-0.4, -0.2) is 34.9 Å². The second-order valence-corrected chi connectivity index (χ2v) is 8.79. The van der Waals surface area contributed by atoms with Gasteiger partial charge in [-0.15, -0.1) is 11.3 Å². The Morgan fingerprint density at radius 1 is 1.24 bits per heavy atom. The van der Waals surface area contributed by atoms with Crippen molar-refractivity contribution in [3.05, 3.63) is 52.0 Å². The maximum atomic E-state index is 12.5. The minimum atomic E-state index is 0.0429. The molecule has 1 aromatic heterocycles. The van der Waals surface area contributed by atoms with Crippen molar-refractivity contribution >= 4 is 17.2 Å². The number of benzene rings is 1. The molecule has 0 spiro atoms. The smallest absolute Gasteiger partial charge is 0.251 e. The molecule has 0 bridgehead atoms. The third-order valence-corrected chi connectivity index (χ3v) is 5.56. The second-order valence-electron chi connectivity index (χ2n) is 7.82. The van der Waals surface area contributed by atoms with Crippen LogP contribution in [0.3, 0.4) is 0 Å². The highest BCUT2D eigenvalue weighted by Crippen LogP contribution is 2.22. The number of nitrogens with one attached hydrogen (secondary N) is 1. The molecule has 1 aromatic carbocycles. The van der Waals surface area contributed by atoms with Gasteiger partial charge < -0.3 is 5.32 Å². The quantitative estimate of drug-likeness (QED) is 0.904. The Morgan fingerprint density at radius 3 is 2.48 bits per heavy atom. The number of carbonyl (C=O) groups is 1. The van der Waals surface area contributed by atoms with Crippen LogP contribution in [-0.2, 0) is 12.0 Å². The van der Waals surface area contributed by atoms with Gasteiger partial charge in [0.25, 0.3) is 5.91 Å². The molecule has 0 unspecified atom stereocenters. The van der Waals surface area contributed by atoms with E-state index in [1.165, 1.54) is 10.4 Å². The van der Waals surface area contributed by atoms with Gasteiger partial charge in [0.15, 0.2) is 0 Å². The summed E-state index contributed by atoms with van der Waals surface area (Å²) in [7, 11) is 0. The molecular formula is C20H27N3OS. The number of hydrogen-bond acceptors (Lipinski definition) is 4. The Labute approximate surface area is 154 Å².